The van der Waals surface area contributed by atoms with Gasteiger partial charge in [-0.05, 0) is 47.4 Å². The summed E-state index contributed by atoms with van der Waals surface area (Å²) in [7, 11) is 0. The molecule has 1 unspecified atom stereocenters. The molecule has 0 aliphatic carbocycles. The van der Waals surface area contributed by atoms with Crippen LogP contribution in [0.2, 0.25) is 0 Å². The Morgan fingerprint density at radius 1 is 1.26 bits per heavy atom. The number of halogens is 1. The Balaban J connectivity index is 1.26. The number of aryl methyl sites for hydroxylation is 1. The first-order chi connectivity index (χ1) is 17.1. The van der Waals surface area contributed by atoms with Crippen LogP contribution >= 0.6 is 0 Å². The van der Waals surface area contributed by atoms with Gasteiger partial charge in [-0.2, -0.15) is 5.10 Å². The second kappa shape index (κ2) is 9.07. The Morgan fingerprint density at radius 2 is 2.17 bits per heavy atom. The Labute approximate surface area is 202 Å². The number of imidazole rings is 1. The number of morpholine rings is 1. The van der Waals surface area contributed by atoms with Crippen molar-refractivity contribution in [3.8, 4) is 28.4 Å². The molecule has 1 atom stereocenters. The van der Waals surface area contributed by atoms with Gasteiger partial charge in [0.1, 0.15) is 5.69 Å². The van der Waals surface area contributed by atoms with Crippen molar-refractivity contribution in [1.29, 1.82) is 0 Å². The SMILES string of the molecule is CCc1cc(O)c(F)cc1-c1ccc2c(-c3nc4c([nH]3)CN(CC3COCCN3)CC4)n[nH]c2c1. The lowest BCUT2D eigenvalue weighted by Crippen LogP contribution is -2.49. The molecule has 4 N–H and O–H groups in total. The zero-order valence-electron chi connectivity index (χ0n) is 19.7. The van der Waals surface area contributed by atoms with Crippen LogP contribution in [-0.2, 0) is 24.1 Å². The summed E-state index contributed by atoms with van der Waals surface area (Å²) in [6.45, 7) is 7.21. The number of aromatic amines is 2. The second-order valence-corrected chi connectivity index (χ2v) is 9.37. The number of benzene rings is 2. The molecular weight excluding hydrogens is 447 g/mol. The number of hydrogen-bond acceptors (Lipinski definition) is 6. The van der Waals surface area contributed by atoms with Gasteiger partial charge in [0, 0.05) is 44.0 Å². The average Bonchev–Trinajstić information content (AvgIpc) is 3.49. The van der Waals surface area contributed by atoms with E-state index in [0.29, 0.717) is 12.5 Å². The number of phenols is 1. The van der Waals surface area contributed by atoms with Crippen LogP contribution < -0.4 is 5.32 Å². The van der Waals surface area contributed by atoms with E-state index < -0.39 is 5.82 Å². The van der Waals surface area contributed by atoms with Crippen LogP contribution in [0.25, 0.3) is 33.5 Å². The highest BCUT2D eigenvalue weighted by atomic mass is 19.1. The number of aromatic hydroxyl groups is 1. The van der Waals surface area contributed by atoms with Gasteiger partial charge >= 0.3 is 0 Å². The molecule has 2 aromatic heterocycles. The van der Waals surface area contributed by atoms with Crippen LogP contribution in [0.1, 0.15) is 23.9 Å². The van der Waals surface area contributed by atoms with E-state index in [0.717, 1.165) is 96.3 Å². The quantitative estimate of drug-likeness (QED) is 0.352. The maximum absolute atomic E-state index is 14.1. The number of H-pyrrole nitrogens is 2. The topological polar surface area (TPSA) is 102 Å². The van der Waals surface area contributed by atoms with Crippen LogP contribution in [0.15, 0.2) is 30.3 Å². The van der Waals surface area contributed by atoms with E-state index in [2.05, 4.69) is 25.4 Å². The number of hydrogen-bond donors (Lipinski definition) is 4. The third-order valence-electron chi connectivity index (χ3n) is 7.04. The number of nitrogens with one attached hydrogen (secondary N) is 3. The molecule has 2 aliphatic rings. The lowest BCUT2D eigenvalue weighted by atomic mass is 9.96. The van der Waals surface area contributed by atoms with Gasteiger partial charge in [-0.3, -0.25) is 10.00 Å². The minimum absolute atomic E-state index is 0.320. The van der Waals surface area contributed by atoms with Gasteiger partial charge in [0.25, 0.3) is 0 Å². The molecular formula is C26H29FN6O2. The molecule has 0 amide bonds. The highest BCUT2D eigenvalue weighted by molar-refractivity contribution is 5.94. The summed E-state index contributed by atoms with van der Waals surface area (Å²) in [6.07, 6.45) is 1.59. The van der Waals surface area contributed by atoms with E-state index >= 15 is 0 Å². The Bertz CT molecular complexity index is 1370. The summed E-state index contributed by atoms with van der Waals surface area (Å²) in [6, 6.07) is 9.20. The van der Waals surface area contributed by atoms with Gasteiger partial charge in [0.2, 0.25) is 0 Å². The standard InChI is InChI=1S/C26H29FN6O2/c1-2-15-10-24(34)20(27)11-19(15)16-3-4-18-22(9-16)31-32-25(18)26-29-21-5-7-33(13-23(21)30-26)12-17-14-35-8-6-28-17/h3-4,9-11,17,28,34H,2,5-8,12-14H2,1H3,(H,29,30)(H,31,32). The molecule has 182 valence electrons. The number of phenolic OH excluding ortho intramolecular Hbond substituents is 1. The molecule has 2 aromatic carbocycles. The molecule has 35 heavy (non-hydrogen) atoms. The van der Waals surface area contributed by atoms with E-state index in [4.69, 9.17) is 9.72 Å². The molecule has 1 fully saturated rings. The first-order valence-corrected chi connectivity index (χ1v) is 12.2. The monoisotopic (exact) mass is 476 g/mol. The molecule has 6 rings (SSSR count). The van der Waals surface area contributed by atoms with Crippen molar-refractivity contribution < 1.29 is 14.2 Å². The van der Waals surface area contributed by atoms with E-state index in [1.54, 1.807) is 0 Å². The molecule has 1 saturated heterocycles. The van der Waals surface area contributed by atoms with Gasteiger partial charge in [-0.15, -0.1) is 0 Å². The lowest BCUT2D eigenvalue weighted by molar-refractivity contribution is 0.0595. The highest BCUT2D eigenvalue weighted by Gasteiger charge is 2.25. The fourth-order valence-electron chi connectivity index (χ4n) is 5.20. The number of aromatic nitrogens is 4. The predicted octanol–water partition coefficient (Wildman–Crippen LogP) is 3.37. The van der Waals surface area contributed by atoms with Crippen molar-refractivity contribution >= 4 is 10.9 Å². The number of ether oxygens (including phenoxy) is 1. The van der Waals surface area contributed by atoms with Crippen molar-refractivity contribution in [2.75, 3.05) is 32.8 Å². The molecule has 2 aliphatic heterocycles. The maximum Gasteiger partial charge on any atom is 0.165 e. The normalized spacial score (nSPS) is 18.7. The predicted molar refractivity (Wildman–Crippen MR) is 132 cm³/mol. The first kappa shape index (κ1) is 22.2. The van der Waals surface area contributed by atoms with Crippen LogP contribution in [0.5, 0.6) is 5.75 Å². The molecule has 4 aromatic rings. The Morgan fingerprint density at radius 3 is 3.00 bits per heavy atom. The maximum atomic E-state index is 14.1. The van der Waals surface area contributed by atoms with Crippen LogP contribution in [-0.4, -0.2) is 69.1 Å². The smallest absolute Gasteiger partial charge is 0.165 e. The molecule has 9 heteroatoms. The zero-order valence-corrected chi connectivity index (χ0v) is 19.7. The zero-order chi connectivity index (χ0) is 23.9. The molecule has 0 spiro atoms. The van der Waals surface area contributed by atoms with Crippen molar-refractivity contribution in [3.63, 3.8) is 0 Å². The van der Waals surface area contributed by atoms with Gasteiger partial charge in [-0.25, -0.2) is 9.37 Å². The summed E-state index contributed by atoms with van der Waals surface area (Å²) in [4.78, 5) is 10.8. The number of nitrogens with zero attached hydrogens (tertiary/aromatic N) is 3. The van der Waals surface area contributed by atoms with E-state index in [-0.39, 0.29) is 5.75 Å². The summed E-state index contributed by atoms with van der Waals surface area (Å²) < 4.78 is 19.7. The summed E-state index contributed by atoms with van der Waals surface area (Å²) in [5, 5.41) is 21.9. The van der Waals surface area contributed by atoms with Crippen molar-refractivity contribution in [1.82, 2.24) is 30.4 Å². The van der Waals surface area contributed by atoms with Gasteiger partial charge in [-0.1, -0.05) is 13.0 Å². The average molecular weight is 477 g/mol. The third kappa shape index (κ3) is 4.20. The van der Waals surface area contributed by atoms with Crippen molar-refractivity contribution in [2.24, 2.45) is 0 Å². The van der Waals surface area contributed by atoms with Crippen molar-refractivity contribution in [2.45, 2.75) is 32.4 Å². The van der Waals surface area contributed by atoms with E-state index in [9.17, 15) is 9.50 Å². The molecule has 0 bridgehead atoms. The number of fused-ring (bicyclic) bond motifs is 2. The summed E-state index contributed by atoms with van der Waals surface area (Å²) in [5.74, 6) is -0.177. The van der Waals surface area contributed by atoms with Gasteiger partial charge < -0.3 is 20.1 Å². The van der Waals surface area contributed by atoms with Crippen LogP contribution in [0.3, 0.4) is 0 Å². The lowest BCUT2D eigenvalue weighted by Gasteiger charge is -2.32. The fourth-order valence-corrected chi connectivity index (χ4v) is 5.20. The molecule has 0 radical (unpaired) electrons. The van der Waals surface area contributed by atoms with E-state index in [1.165, 1.54) is 12.1 Å². The minimum atomic E-state index is -0.621. The summed E-state index contributed by atoms with van der Waals surface area (Å²) >= 11 is 0. The minimum Gasteiger partial charge on any atom is -0.505 e. The van der Waals surface area contributed by atoms with E-state index in [1.807, 2.05) is 25.1 Å². The van der Waals surface area contributed by atoms with Crippen molar-refractivity contribution in [3.05, 3.63) is 53.1 Å². The number of rotatable bonds is 5. The fraction of sp³-hybridized carbons (Fsp3) is 0.385. The first-order valence-electron chi connectivity index (χ1n) is 12.2. The largest absolute Gasteiger partial charge is 0.505 e. The van der Waals surface area contributed by atoms with Gasteiger partial charge in [0.05, 0.1) is 30.1 Å². The van der Waals surface area contributed by atoms with Crippen LogP contribution in [0.4, 0.5) is 4.39 Å². The highest BCUT2D eigenvalue weighted by Crippen LogP contribution is 2.34. The molecule has 8 nitrogen and oxygen atoms in total. The van der Waals surface area contributed by atoms with Crippen LogP contribution in [0, 0.1) is 5.82 Å². The molecule has 4 heterocycles. The Kier molecular flexibility index (Phi) is 5.75. The van der Waals surface area contributed by atoms with Gasteiger partial charge in [0.15, 0.2) is 17.4 Å². The Hall–Kier alpha value is -3.27. The third-order valence-corrected chi connectivity index (χ3v) is 7.04. The summed E-state index contributed by atoms with van der Waals surface area (Å²) in [5.41, 5.74) is 6.41. The molecule has 0 saturated carbocycles. The second-order valence-electron chi connectivity index (χ2n) is 9.37.